The number of methoxy groups -OCH3 is 1. The number of nitrogens with zero attached hydrogens (tertiary/aromatic N) is 8. The zero-order valence-electron chi connectivity index (χ0n) is 44.8. The van der Waals surface area contributed by atoms with Gasteiger partial charge in [-0.15, -0.1) is 12.4 Å². The van der Waals surface area contributed by atoms with Crippen molar-refractivity contribution in [3.63, 3.8) is 0 Å². The van der Waals surface area contributed by atoms with Crippen LogP contribution in [0.5, 0.6) is 0 Å². The number of aliphatic hydroxyl groups excluding tert-OH is 1. The van der Waals surface area contributed by atoms with Crippen LogP contribution in [0.3, 0.4) is 0 Å². The largest absolute Gasteiger partial charge is 1.00 e. The Balaban J connectivity index is 0.000000297. The minimum Gasteiger partial charge on any atom is -0.466 e. The Morgan fingerprint density at radius 3 is 2.08 bits per heavy atom. The maximum absolute atomic E-state index is 14.0. The molecule has 0 saturated heterocycles. The summed E-state index contributed by atoms with van der Waals surface area (Å²) in [6, 6.07) is 43.0. The molecule has 398 valence electrons. The number of nitro groups is 1. The topological polar surface area (TPSA) is 202 Å². The van der Waals surface area contributed by atoms with Crippen LogP contribution in [0.4, 0.5) is 5.69 Å². The molecule has 1 aliphatic heterocycles. The van der Waals surface area contributed by atoms with Crippen LogP contribution in [0.25, 0.3) is 22.5 Å². The number of aromatic nitrogens is 6. The van der Waals surface area contributed by atoms with E-state index in [2.05, 4.69) is 116 Å². The summed E-state index contributed by atoms with van der Waals surface area (Å²) in [5.74, 6) is -0.541. The Kier molecular flexibility index (Phi) is 23.5. The van der Waals surface area contributed by atoms with Gasteiger partial charge in [0.1, 0.15) is 11.4 Å². The van der Waals surface area contributed by atoms with Crippen molar-refractivity contribution in [1.29, 1.82) is 0 Å². The van der Waals surface area contributed by atoms with Gasteiger partial charge in [0, 0.05) is 54.8 Å². The number of unbranched alkanes of at least 4 members (excludes halogenated alkanes) is 1. The number of rotatable bonds is 20. The summed E-state index contributed by atoms with van der Waals surface area (Å²) in [4.78, 5) is 44.6. The number of imidazole rings is 1. The first-order chi connectivity index (χ1) is 36.1. The molecule has 1 unspecified atom stereocenters. The van der Waals surface area contributed by atoms with Gasteiger partial charge in [0.05, 0.1) is 41.4 Å². The SMILES string of the molecule is CCCCc1nc(Cl)c(CO)n1Cc1ccc(-c2ccccc2-c2nnn[n-]2)cc1.COC(=O)C1=C(C)NC(C)=C(C(=O)OC(C)(C)CN(C)CCC(c2ccccc2)c2ccccc2)C1c1cccc([N+](=O)[O-])c1.Cl.[K+]. The van der Waals surface area contributed by atoms with Gasteiger partial charge in [-0.05, 0) is 93.1 Å². The molecule has 0 aliphatic carbocycles. The molecule has 8 rings (SSSR count). The average Bonchev–Trinajstić information content (AvgIpc) is 4.07. The first-order valence-electron chi connectivity index (χ1n) is 24.9. The third-order valence-electron chi connectivity index (χ3n) is 13.1. The number of ether oxygens (including phenoxy) is 2. The summed E-state index contributed by atoms with van der Waals surface area (Å²) in [5, 5.41) is 40.0. The summed E-state index contributed by atoms with van der Waals surface area (Å²) < 4.78 is 13.2. The van der Waals surface area contributed by atoms with E-state index in [9.17, 15) is 24.8 Å². The van der Waals surface area contributed by atoms with Gasteiger partial charge in [-0.2, -0.15) is 5.21 Å². The second-order valence-corrected chi connectivity index (χ2v) is 19.4. The molecule has 0 fully saturated rings. The Morgan fingerprint density at radius 1 is 0.896 bits per heavy atom. The smallest absolute Gasteiger partial charge is 0.466 e. The molecule has 0 bridgehead atoms. The van der Waals surface area contributed by atoms with E-state index in [1.54, 1.807) is 19.9 Å². The van der Waals surface area contributed by atoms with Crippen molar-refractivity contribution in [2.75, 3.05) is 27.2 Å². The number of likely N-dealkylation sites (N-methyl/N-ethyl adjacent to an activating group) is 1. The van der Waals surface area contributed by atoms with Crippen molar-refractivity contribution in [3.8, 4) is 22.5 Å². The quantitative estimate of drug-likeness (QED) is 0.0324. The van der Waals surface area contributed by atoms with E-state index in [0.717, 1.165) is 60.3 Å². The van der Waals surface area contributed by atoms with Gasteiger partial charge in [-0.1, -0.05) is 146 Å². The predicted molar refractivity (Wildman–Crippen MR) is 296 cm³/mol. The second-order valence-electron chi connectivity index (χ2n) is 19.1. The molecule has 16 nitrogen and oxygen atoms in total. The van der Waals surface area contributed by atoms with Crippen molar-refractivity contribution in [1.82, 2.24) is 40.4 Å². The molecule has 1 aliphatic rings. The minimum absolute atomic E-state index is 0. The zero-order valence-corrected chi connectivity index (χ0v) is 49.5. The van der Waals surface area contributed by atoms with Gasteiger partial charge in [0.25, 0.3) is 5.69 Å². The molecule has 0 spiro atoms. The number of aliphatic hydroxyl groups is 1. The van der Waals surface area contributed by atoms with Crippen molar-refractivity contribution in [2.24, 2.45) is 0 Å². The van der Waals surface area contributed by atoms with Crippen molar-refractivity contribution in [3.05, 3.63) is 205 Å². The molecule has 7 aromatic rings. The van der Waals surface area contributed by atoms with E-state index in [1.807, 2.05) is 61.9 Å². The first-order valence-corrected chi connectivity index (χ1v) is 25.3. The molecular weight excluding hydrogens is 1040 g/mol. The number of benzene rings is 5. The third kappa shape index (κ3) is 15.9. The Morgan fingerprint density at radius 2 is 1.51 bits per heavy atom. The van der Waals surface area contributed by atoms with E-state index >= 15 is 0 Å². The number of halogens is 2. The van der Waals surface area contributed by atoms with Crippen LogP contribution < -0.4 is 61.8 Å². The predicted octanol–water partition coefficient (Wildman–Crippen LogP) is 7.80. The summed E-state index contributed by atoms with van der Waals surface area (Å²) in [5.41, 5.74) is 7.96. The van der Waals surface area contributed by atoms with E-state index < -0.39 is 28.4 Å². The first kappa shape index (κ1) is 62.0. The fourth-order valence-corrected chi connectivity index (χ4v) is 9.89. The Bertz CT molecular complexity index is 3090. The molecule has 1 atom stereocenters. The van der Waals surface area contributed by atoms with Gasteiger partial charge in [-0.25, -0.2) is 14.6 Å². The molecule has 5 aromatic carbocycles. The average molecular weight is 1110 g/mol. The van der Waals surface area contributed by atoms with E-state index in [0.29, 0.717) is 46.7 Å². The van der Waals surface area contributed by atoms with Gasteiger partial charge in [0.15, 0.2) is 5.15 Å². The number of hydrogen-bond acceptors (Lipinski definition) is 13. The molecule has 2 N–H and O–H groups in total. The van der Waals surface area contributed by atoms with Crippen LogP contribution in [0.2, 0.25) is 5.15 Å². The number of dihydropyridines is 1. The van der Waals surface area contributed by atoms with Gasteiger partial charge < -0.3 is 34.5 Å². The van der Waals surface area contributed by atoms with E-state index in [1.165, 1.54) is 36.4 Å². The van der Waals surface area contributed by atoms with Crippen molar-refractivity contribution >= 4 is 41.6 Å². The Labute approximate surface area is 503 Å². The van der Waals surface area contributed by atoms with Crippen LogP contribution in [-0.2, 0) is 38.6 Å². The molecule has 0 amide bonds. The van der Waals surface area contributed by atoms with Crippen molar-refractivity contribution < 1.29 is 80.5 Å². The molecule has 77 heavy (non-hydrogen) atoms. The molecule has 0 radical (unpaired) electrons. The number of carbonyl (C=O) groups is 2. The van der Waals surface area contributed by atoms with Gasteiger partial charge in [-0.3, -0.25) is 20.4 Å². The van der Waals surface area contributed by atoms with Crippen LogP contribution in [-0.4, -0.2) is 84.8 Å². The van der Waals surface area contributed by atoms with E-state index in [-0.39, 0.29) is 93.1 Å². The molecule has 19 heteroatoms. The number of nitrogens with one attached hydrogen (secondary N) is 1. The van der Waals surface area contributed by atoms with E-state index in [4.69, 9.17) is 21.1 Å². The summed E-state index contributed by atoms with van der Waals surface area (Å²) in [7, 11) is 3.26. The number of non-ortho nitro benzene ring substituents is 1. The fourth-order valence-electron chi connectivity index (χ4n) is 9.63. The van der Waals surface area contributed by atoms with Crippen LogP contribution in [0, 0.1) is 10.1 Å². The monoisotopic (exact) mass is 1110 g/mol. The summed E-state index contributed by atoms with van der Waals surface area (Å²) in [6.07, 6.45) is 3.81. The van der Waals surface area contributed by atoms with Crippen LogP contribution >= 0.6 is 24.0 Å². The summed E-state index contributed by atoms with van der Waals surface area (Å²) in [6.45, 7) is 11.0. The Hall–Kier alpha value is -5.86. The van der Waals surface area contributed by atoms with Crippen LogP contribution in [0.15, 0.2) is 156 Å². The van der Waals surface area contributed by atoms with Gasteiger partial charge in [0.2, 0.25) is 0 Å². The zero-order chi connectivity index (χ0) is 53.6. The fraction of sp³-hybridized carbons (Fsp3) is 0.310. The maximum atomic E-state index is 14.0. The molecule has 3 heterocycles. The molecule has 0 saturated carbocycles. The standard InChI is InChI=1S/C36H41N3O6.C22H22ClN6O.ClH.K/c1-24-31(34(40)44-6)33(28-18-13-19-29(22-28)39(42)43)32(25(2)37-24)35(41)45-36(3,4)23-38(5)21-20-30(26-14-9-7-10-15-26)27-16-11-8-12-17-27;1-2-3-8-20-24-21(23)19(14-30)29(20)13-15-9-11-16(12-10-15)17-6-4-5-7-18(17)22-25-27-28-26-22;;/h7-19,22,30,33,37H,20-21,23H2,1-6H3;4-7,9-12,30H,2-3,8,13-14H2,1H3;1H;/q;-1;;+1. The van der Waals surface area contributed by atoms with Crippen molar-refractivity contribution in [2.45, 2.75) is 90.9 Å². The number of nitro benzene ring substituents is 1. The number of aryl methyl sites for hydroxylation is 1. The number of tetrazole rings is 1. The minimum atomic E-state index is -0.919. The molecule has 2 aromatic heterocycles. The second kappa shape index (κ2) is 29.2. The van der Waals surface area contributed by atoms with Crippen LogP contribution in [0.1, 0.15) is 99.5 Å². The molecular formula is C58H64Cl2KN9O7. The number of hydrogen-bond donors (Lipinski definition) is 2. The number of allylic oxidation sites excluding steroid dienone is 2. The third-order valence-corrected chi connectivity index (χ3v) is 13.4. The number of carbonyl (C=O) groups excluding carboxylic acids is 2. The van der Waals surface area contributed by atoms with Gasteiger partial charge >= 0.3 is 63.3 Å². The normalized spacial score (nSPS) is 13.3. The maximum Gasteiger partial charge on any atom is 1.00 e. The number of esters is 2. The summed E-state index contributed by atoms with van der Waals surface area (Å²) >= 11 is 6.25.